The zero-order valence-corrected chi connectivity index (χ0v) is 10.1. The van der Waals surface area contributed by atoms with E-state index >= 15 is 0 Å². The number of rotatable bonds is 3. The molecule has 0 aromatic heterocycles. The molecule has 2 atom stereocenters. The van der Waals surface area contributed by atoms with Crippen molar-refractivity contribution < 1.29 is 0 Å². The molecule has 0 heterocycles. The topological polar surface area (TPSA) is 29.3 Å². The van der Waals surface area contributed by atoms with Gasteiger partial charge in [0.15, 0.2) is 0 Å². The molecule has 88 valence electrons. The highest BCUT2D eigenvalue weighted by molar-refractivity contribution is 4.87. The number of hydrogen-bond donors (Lipinski definition) is 1. The average Bonchev–Trinajstić information content (AvgIpc) is 2.72. The normalized spacial score (nSPS) is 33.8. The summed E-state index contributed by atoms with van der Waals surface area (Å²) >= 11 is 0. The Morgan fingerprint density at radius 3 is 2.27 bits per heavy atom. The molecule has 0 amide bonds. The summed E-state index contributed by atoms with van der Waals surface area (Å²) in [6.45, 7) is 3.54. The van der Waals surface area contributed by atoms with Gasteiger partial charge in [0.05, 0.1) is 0 Å². The van der Waals surface area contributed by atoms with Crippen LogP contribution in [-0.2, 0) is 0 Å². The Balaban J connectivity index is 1.92. The average molecular weight is 210 g/mol. The maximum Gasteiger partial charge on any atom is 0.0113 e. The Bertz CT molecular complexity index is 187. The van der Waals surface area contributed by atoms with Crippen LogP contribution >= 0.6 is 0 Å². The fourth-order valence-corrected chi connectivity index (χ4v) is 3.55. The van der Waals surface area contributed by atoms with Gasteiger partial charge in [0.1, 0.15) is 0 Å². The van der Waals surface area contributed by atoms with Gasteiger partial charge in [0, 0.05) is 18.1 Å². The summed E-state index contributed by atoms with van der Waals surface area (Å²) in [7, 11) is 0. The van der Waals surface area contributed by atoms with Gasteiger partial charge in [0.2, 0.25) is 0 Å². The van der Waals surface area contributed by atoms with Gasteiger partial charge >= 0.3 is 0 Å². The molecular formula is C13H26N2. The van der Waals surface area contributed by atoms with E-state index in [1.54, 1.807) is 0 Å². The van der Waals surface area contributed by atoms with Gasteiger partial charge in [0.25, 0.3) is 0 Å². The molecule has 0 aliphatic heterocycles. The molecule has 2 fully saturated rings. The predicted molar refractivity (Wildman–Crippen MR) is 64.9 cm³/mol. The van der Waals surface area contributed by atoms with Gasteiger partial charge in [-0.3, -0.25) is 4.90 Å². The van der Waals surface area contributed by atoms with Crippen LogP contribution in [0.1, 0.15) is 58.3 Å². The molecule has 2 heteroatoms. The maximum atomic E-state index is 6.09. The lowest BCUT2D eigenvalue weighted by Gasteiger charge is -2.39. The molecule has 2 rings (SSSR count). The van der Waals surface area contributed by atoms with Crippen molar-refractivity contribution in [3.63, 3.8) is 0 Å². The van der Waals surface area contributed by atoms with Crippen LogP contribution in [0.15, 0.2) is 0 Å². The summed E-state index contributed by atoms with van der Waals surface area (Å²) in [4.78, 5) is 2.76. The Morgan fingerprint density at radius 1 is 1.00 bits per heavy atom. The summed E-state index contributed by atoms with van der Waals surface area (Å²) in [6.07, 6.45) is 11.0. The van der Waals surface area contributed by atoms with Crippen molar-refractivity contribution in [1.29, 1.82) is 0 Å². The van der Waals surface area contributed by atoms with E-state index in [2.05, 4.69) is 11.8 Å². The molecular weight excluding hydrogens is 184 g/mol. The minimum absolute atomic E-state index is 0.471. The number of nitrogens with zero attached hydrogens (tertiary/aromatic N) is 1. The highest BCUT2D eigenvalue weighted by atomic mass is 15.2. The van der Waals surface area contributed by atoms with E-state index in [1.165, 1.54) is 57.9 Å². The molecule has 0 aromatic carbocycles. The van der Waals surface area contributed by atoms with E-state index in [0.29, 0.717) is 6.04 Å². The van der Waals surface area contributed by atoms with E-state index in [1.807, 2.05) is 0 Å². The van der Waals surface area contributed by atoms with Crippen molar-refractivity contribution in [2.45, 2.75) is 76.4 Å². The van der Waals surface area contributed by atoms with Gasteiger partial charge in [-0.05, 0) is 38.6 Å². The van der Waals surface area contributed by atoms with Crippen molar-refractivity contribution >= 4 is 0 Å². The summed E-state index contributed by atoms with van der Waals surface area (Å²) in [5.41, 5.74) is 6.09. The second-order valence-corrected chi connectivity index (χ2v) is 5.35. The van der Waals surface area contributed by atoms with Crippen molar-refractivity contribution in [3.8, 4) is 0 Å². The molecule has 2 unspecified atom stereocenters. The van der Waals surface area contributed by atoms with E-state index < -0.39 is 0 Å². The van der Waals surface area contributed by atoms with Crippen LogP contribution in [-0.4, -0.2) is 29.6 Å². The van der Waals surface area contributed by atoms with Gasteiger partial charge in [-0.25, -0.2) is 0 Å². The van der Waals surface area contributed by atoms with Crippen molar-refractivity contribution in [1.82, 2.24) is 4.90 Å². The molecule has 2 saturated carbocycles. The van der Waals surface area contributed by atoms with Crippen LogP contribution in [0.2, 0.25) is 0 Å². The largest absolute Gasteiger partial charge is 0.328 e. The van der Waals surface area contributed by atoms with Gasteiger partial charge < -0.3 is 5.73 Å². The Morgan fingerprint density at radius 2 is 1.67 bits per heavy atom. The first-order valence-corrected chi connectivity index (χ1v) is 6.82. The molecule has 15 heavy (non-hydrogen) atoms. The van der Waals surface area contributed by atoms with Crippen LogP contribution in [0.5, 0.6) is 0 Å². The van der Waals surface area contributed by atoms with Crippen LogP contribution in [0, 0.1) is 0 Å². The predicted octanol–water partition coefficient (Wildman–Crippen LogP) is 2.52. The van der Waals surface area contributed by atoms with Crippen LogP contribution < -0.4 is 5.73 Å². The van der Waals surface area contributed by atoms with Gasteiger partial charge in [-0.1, -0.05) is 26.2 Å². The monoisotopic (exact) mass is 210 g/mol. The lowest BCUT2D eigenvalue weighted by molar-refractivity contribution is 0.106. The quantitative estimate of drug-likeness (QED) is 0.775. The molecule has 0 bridgehead atoms. The minimum atomic E-state index is 0.471. The minimum Gasteiger partial charge on any atom is -0.328 e. The standard InChI is InChI=1S/C13H26N2/c1-2-15(12-7-3-4-8-12)13-9-5-6-11(14)10-13/h11-13H,2-10,14H2,1H3. The first-order valence-electron chi connectivity index (χ1n) is 6.82. The number of hydrogen-bond acceptors (Lipinski definition) is 2. The van der Waals surface area contributed by atoms with E-state index in [4.69, 9.17) is 5.73 Å². The SMILES string of the molecule is CCN(C1CCCC1)C1CCCC(N)C1. The zero-order valence-electron chi connectivity index (χ0n) is 10.1. The van der Waals surface area contributed by atoms with Crippen molar-refractivity contribution in [2.24, 2.45) is 5.73 Å². The van der Waals surface area contributed by atoms with Gasteiger partial charge in [-0.15, -0.1) is 0 Å². The Kier molecular flexibility index (Phi) is 4.04. The molecule has 0 spiro atoms. The van der Waals surface area contributed by atoms with Crippen LogP contribution in [0.4, 0.5) is 0 Å². The Labute approximate surface area is 94.2 Å². The van der Waals surface area contributed by atoms with E-state index in [0.717, 1.165) is 12.1 Å². The first-order chi connectivity index (χ1) is 7.31. The summed E-state index contributed by atoms with van der Waals surface area (Å²) in [6, 6.07) is 2.14. The second kappa shape index (κ2) is 5.31. The third-order valence-electron chi connectivity index (χ3n) is 4.31. The zero-order chi connectivity index (χ0) is 10.7. The molecule has 0 radical (unpaired) electrons. The molecule has 2 N–H and O–H groups in total. The lowest BCUT2D eigenvalue weighted by Crippen LogP contribution is -2.46. The smallest absolute Gasteiger partial charge is 0.0113 e. The van der Waals surface area contributed by atoms with Crippen LogP contribution in [0.3, 0.4) is 0 Å². The fourth-order valence-electron chi connectivity index (χ4n) is 3.55. The second-order valence-electron chi connectivity index (χ2n) is 5.35. The summed E-state index contributed by atoms with van der Waals surface area (Å²) in [5, 5.41) is 0. The van der Waals surface area contributed by atoms with Gasteiger partial charge in [-0.2, -0.15) is 0 Å². The van der Waals surface area contributed by atoms with Crippen molar-refractivity contribution in [2.75, 3.05) is 6.54 Å². The molecule has 2 aliphatic rings. The van der Waals surface area contributed by atoms with E-state index in [-0.39, 0.29) is 0 Å². The third kappa shape index (κ3) is 2.73. The van der Waals surface area contributed by atoms with Crippen LogP contribution in [0.25, 0.3) is 0 Å². The molecule has 2 nitrogen and oxygen atoms in total. The summed E-state index contributed by atoms with van der Waals surface area (Å²) < 4.78 is 0. The first kappa shape index (κ1) is 11.4. The lowest BCUT2D eigenvalue weighted by atomic mass is 9.89. The highest BCUT2D eigenvalue weighted by Gasteiger charge is 2.30. The Hall–Kier alpha value is -0.0800. The highest BCUT2D eigenvalue weighted by Crippen LogP contribution is 2.30. The third-order valence-corrected chi connectivity index (χ3v) is 4.31. The van der Waals surface area contributed by atoms with Crippen molar-refractivity contribution in [3.05, 3.63) is 0 Å². The summed E-state index contributed by atoms with van der Waals surface area (Å²) in [5.74, 6) is 0. The number of nitrogens with two attached hydrogens (primary N) is 1. The van der Waals surface area contributed by atoms with E-state index in [9.17, 15) is 0 Å². The molecule has 0 saturated heterocycles. The molecule has 0 aromatic rings. The molecule has 2 aliphatic carbocycles. The maximum absolute atomic E-state index is 6.09. The fraction of sp³-hybridized carbons (Fsp3) is 1.00.